The van der Waals surface area contributed by atoms with Crippen LogP contribution in [0.3, 0.4) is 0 Å². The van der Waals surface area contributed by atoms with Gasteiger partial charge in [0, 0.05) is 11.4 Å². The Morgan fingerprint density at radius 1 is 1.18 bits per heavy atom. The Bertz CT molecular complexity index is 767. The predicted molar refractivity (Wildman–Crippen MR) is 88.9 cm³/mol. The lowest BCUT2D eigenvalue weighted by atomic mass is 10.1. The van der Waals surface area contributed by atoms with Crippen molar-refractivity contribution in [1.29, 1.82) is 0 Å². The minimum absolute atomic E-state index is 0.230. The van der Waals surface area contributed by atoms with Crippen LogP contribution in [0.25, 0.3) is 0 Å². The van der Waals surface area contributed by atoms with E-state index >= 15 is 0 Å². The fraction of sp³-hybridized carbons (Fsp3) is 0.267. The zero-order valence-electron chi connectivity index (χ0n) is 12.4. The van der Waals surface area contributed by atoms with E-state index in [9.17, 15) is 13.2 Å². The number of aryl methyl sites for hydroxylation is 1. The molecule has 2 aromatic rings. The van der Waals surface area contributed by atoms with Crippen LogP contribution in [0.1, 0.15) is 28.6 Å². The Kier molecular flexibility index (Phi) is 5.20. The maximum atomic E-state index is 12.4. The van der Waals surface area contributed by atoms with Gasteiger partial charge in [-0.1, -0.05) is 19.1 Å². The highest BCUT2D eigenvalue weighted by atomic mass is 32.2. The van der Waals surface area contributed by atoms with Crippen molar-refractivity contribution in [3.8, 4) is 0 Å². The zero-order valence-corrected chi connectivity index (χ0v) is 14.1. The van der Waals surface area contributed by atoms with Gasteiger partial charge in [-0.05, 0) is 37.6 Å². The molecule has 0 radical (unpaired) electrons. The first-order chi connectivity index (χ1) is 10.4. The molecule has 7 heteroatoms. The molecule has 2 N–H and O–H groups in total. The normalized spacial score (nSPS) is 11.2. The van der Waals surface area contributed by atoms with E-state index < -0.39 is 10.0 Å². The molecule has 0 aliphatic rings. The van der Waals surface area contributed by atoms with Crippen LogP contribution in [0.4, 0.5) is 5.69 Å². The van der Waals surface area contributed by atoms with E-state index in [0.29, 0.717) is 12.1 Å². The lowest BCUT2D eigenvalue weighted by molar-refractivity contribution is 0.0954. The molecule has 118 valence electrons. The number of anilines is 1. The summed E-state index contributed by atoms with van der Waals surface area (Å²) in [7, 11) is -3.68. The van der Waals surface area contributed by atoms with E-state index in [1.54, 1.807) is 36.4 Å². The number of hydrogen-bond donors (Lipinski definition) is 2. The van der Waals surface area contributed by atoms with Gasteiger partial charge >= 0.3 is 0 Å². The lowest BCUT2D eigenvalue weighted by Gasteiger charge is -2.11. The van der Waals surface area contributed by atoms with Crippen molar-refractivity contribution in [2.45, 2.75) is 24.5 Å². The first kappa shape index (κ1) is 16.5. The van der Waals surface area contributed by atoms with Crippen LogP contribution in [-0.2, 0) is 10.0 Å². The van der Waals surface area contributed by atoms with Gasteiger partial charge in [0.2, 0.25) is 0 Å². The number of carbonyl (C=O) groups is 1. The maximum Gasteiger partial charge on any atom is 0.271 e. The average molecular weight is 338 g/mol. The van der Waals surface area contributed by atoms with Gasteiger partial charge in [0.25, 0.3) is 15.9 Å². The van der Waals surface area contributed by atoms with Crippen molar-refractivity contribution in [1.82, 2.24) is 5.32 Å². The smallest absolute Gasteiger partial charge is 0.271 e. The van der Waals surface area contributed by atoms with E-state index in [1.165, 1.54) is 11.3 Å². The van der Waals surface area contributed by atoms with Gasteiger partial charge in [-0.3, -0.25) is 9.52 Å². The number of hydrogen-bond acceptors (Lipinski definition) is 4. The molecule has 1 heterocycles. The van der Waals surface area contributed by atoms with Gasteiger partial charge in [0.1, 0.15) is 4.21 Å². The van der Waals surface area contributed by atoms with E-state index in [0.717, 1.165) is 11.3 Å². The molecule has 5 nitrogen and oxygen atoms in total. The van der Waals surface area contributed by atoms with Gasteiger partial charge in [0.05, 0.1) is 11.3 Å². The monoisotopic (exact) mass is 338 g/mol. The molecule has 0 saturated carbocycles. The van der Waals surface area contributed by atoms with Gasteiger partial charge in [-0.2, -0.15) is 0 Å². The van der Waals surface area contributed by atoms with E-state index in [2.05, 4.69) is 10.0 Å². The number of amides is 1. The molecule has 22 heavy (non-hydrogen) atoms. The molecule has 0 fully saturated rings. The largest absolute Gasteiger partial charge is 0.352 e. The van der Waals surface area contributed by atoms with Crippen LogP contribution in [0.5, 0.6) is 0 Å². The first-order valence-corrected chi connectivity index (χ1v) is 9.20. The summed E-state index contributed by atoms with van der Waals surface area (Å²) in [5.74, 6) is -0.289. The van der Waals surface area contributed by atoms with Crippen molar-refractivity contribution in [3.63, 3.8) is 0 Å². The quantitative estimate of drug-likeness (QED) is 0.850. The summed E-state index contributed by atoms with van der Waals surface area (Å²) in [6.45, 7) is 4.34. The number of thiophene rings is 1. The third-order valence-electron chi connectivity index (χ3n) is 2.93. The molecule has 0 bridgehead atoms. The molecule has 0 spiro atoms. The predicted octanol–water partition coefficient (Wildman–Crippen LogP) is 3.00. The topological polar surface area (TPSA) is 75.3 Å². The molecule has 2 rings (SSSR count). The fourth-order valence-electron chi connectivity index (χ4n) is 1.86. The standard InChI is InChI=1S/C15H18N2O3S2/c1-3-10-16-15(18)12-6-4-5-7-13(12)17-22(19,20)14-9-8-11(2)21-14/h4-9,17H,3,10H2,1-2H3,(H,16,18). The number of para-hydroxylation sites is 1. The average Bonchev–Trinajstić information content (AvgIpc) is 2.92. The van der Waals surface area contributed by atoms with E-state index in [1.807, 2.05) is 13.8 Å². The van der Waals surface area contributed by atoms with Crippen LogP contribution in [-0.4, -0.2) is 20.9 Å². The molecule has 0 saturated heterocycles. The summed E-state index contributed by atoms with van der Waals surface area (Å²) in [6, 6.07) is 9.88. The van der Waals surface area contributed by atoms with Gasteiger partial charge < -0.3 is 5.32 Å². The van der Waals surface area contributed by atoms with Crippen LogP contribution < -0.4 is 10.0 Å². The third-order valence-corrected chi connectivity index (χ3v) is 5.79. The molecule has 1 aromatic heterocycles. The SMILES string of the molecule is CCCNC(=O)c1ccccc1NS(=O)(=O)c1ccc(C)s1. The summed E-state index contributed by atoms with van der Waals surface area (Å²) in [5, 5.41) is 2.75. The molecule has 1 amide bonds. The Balaban J connectivity index is 2.28. The summed E-state index contributed by atoms with van der Waals surface area (Å²) in [4.78, 5) is 13.0. The van der Waals surface area contributed by atoms with Gasteiger partial charge in [-0.25, -0.2) is 8.42 Å². The maximum absolute atomic E-state index is 12.4. The second-order valence-electron chi connectivity index (χ2n) is 4.77. The highest BCUT2D eigenvalue weighted by Crippen LogP contribution is 2.25. The van der Waals surface area contributed by atoms with Gasteiger partial charge in [-0.15, -0.1) is 11.3 Å². The number of carbonyl (C=O) groups excluding carboxylic acids is 1. The molecular weight excluding hydrogens is 320 g/mol. The molecule has 0 atom stereocenters. The number of benzene rings is 1. The molecule has 0 aliphatic carbocycles. The highest BCUT2D eigenvalue weighted by Gasteiger charge is 2.19. The van der Waals surface area contributed by atoms with E-state index in [-0.39, 0.29) is 15.8 Å². The van der Waals surface area contributed by atoms with Crippen molar-refractivity contribution in [2.75, 3.05) is 11.3 Å². The summed E-state index contributed by atoms with van der Waals surface area (Å²) in [6.07, 6.45) is 0.814. The Labute approximate surface area is 134 Å². The third kappa shape index (κ3) is 3.86. The first-order valence-electron chi connectivity index (χ1n) is 6.90. The summed E-state index contributed by atoms with van der Waals surface area (Å²) >= 11 is 1.19. The van der Waals surface area contributed by atoms with Crippen LogP contribution >= 0.6 is 11.3 Å². The van der Waals surface area contributed by atoms with Crippen LogP contribution in [0.15, 0.2) is 40.6 Å². The van der Waals surface area contributed by atoms with Crippen molar-refractivity contribution >= 4 is 33.0 Å². The van der Waals surface area contributed by atoms with Crippen molar-refractivity contribution in [3.05, 3.63) is 46.8 Å². The summed E-state index contributed by atoms with van der Waals surface area (Å²) < 4.78 is 27.5. The second kappa shape index (κ2) is 6.93. The Hall–Kier alpha value is -1.86. The summed E-state index contributed by atoms with van der Waals surface area (Å²) in [5.41, 5.74) is 0.593. The molecule has 0 aliphatic heterocycles. The molecular formula is C15H18N2O3S2. The minimum atomic E-state index is -3.68. The number of nitrogens with one attached hydrogen (secondary N) is 2. The second-order valence-corrected chi connectivity index (χ2v) is 7.97. The zero-order chi connectivity index (χ0) is 16.2. The highest BCUT2D eigenvalue weighted by molar-refractivity contribution is 7.94. The molecule has 0 unspecified atom stereocenters. The van der Waals surface area contributed by atoms with Crippen LogP contribution in [0, 0.1) is 6.92 Å². The van der Waals surface area contributed by atoms with Crippen LogP contribution in [0.2, 0.25) is 0 Å². The van der Waals surface area contributed by atoms with Gasteiger partial charge in [0.15, 0.2) is 0 Å². The lowest BCUT2D eigenvalue weighted by Crippen LogP contribution is -2.25. The Morgan fingerprint density at radius 2 is 1.91 bits per heavy atom. The Morgan fingerprint density at radius 3 is 2.55 bits per heavy atom. The van der Waals surface area contributed by atoms with E-state index in [4.69, 9.17) is 0 Å². The van der Waals surface area contributed by atoms with Crippen molar-refractivity contribution < 1.29 is 13.2 Å². The fourth-order valence-corrected chi connectivity index (χ4v) is 4.22. The molecule has 1 aromatic carbocycles. The number of rotatable bonds is 6. The van der Waals surface area contributed by atoms with Crippen molar-refractivity contribution in [2.24, 2.45) is 0 Å². The number of sulfonamides is 1. The minimum Gasteiger partial charge on any atom is -0.352 e.